The minimum Gasteiger partial charge on any atom is -0.543 e. The molecule has 0 saturated heterocycles. The first-order chi connectivity index (χ1) is 4.37. The fourth-order valence-corrected chi connectivity index (χ4v) is 0. The summed E-state index contributed by atoms with van der Waals surface area (Å²) in [5, 5.41) is 25.9. The van der Waals surface area contributed by atoms with Gasteiger partial charge in [0.2, 0.25) is 0 Å². The van der Waals surface area contributed by atoms with Crippen LogP contribution in [0.1, 0.15) is 13.8 Å². The number of aliphatic carboxylic acids is 2. The summed E-state index contributed by atoms with van der Waals surface area (Å²) in [4.78, 5) is 17.9. The first-order valence-corrected chi connectivity index (χ1v) is 2.48. The van der Waals surface area contributed by atoms with Crippen LogP contribution in [0.4, 0.5) is 0 Å². The van der Waals surface area contributed by atoms with E-state index in [1.165, 1.54) is 0 Å². The van der Waals surface area contributed by atoms with Crippen LogP contribution in [0, 0.1) is 0 Å². The van der Waals surface area contributed by atoms with Crippen molar-refractivity contribution in [2.75, 3.05) is 0 Å². The normalized spacial score (nSPS) is 7.27. The maximum atomic E-state index is 8.93. The first-order valence-electron chi connectivity index (χ1n) is 2.48. The van der Waals surface area contributed by atoms with Gasteiger partial charge >= 0.3 is 16.8 Å². The van der Waals surface area contributed by atoms with E-state index in [2.05, 4.69) is 0 Å². The summed E-state index contributed by atoms with van der Waals surface area (Å²) in [7, 11) is 0. The van der Waals surface area contributed by atoms with E-state index < -0.39 is 11.9 Å². The molecule has 0 atom stereocenters. The molecule has 0 aliphatic rings. The minimum absolute atomic E-state index is 0. The van der Waals surface area contributed by atoms with E-state index in [1.54, 1.807) is 13.8 Å². The van der Waals surface area contributed by atoms with Crippen LogP contribution < -0.4 is 10.2 Å². The molecular formula is C5H8CoO5. The number of carbonyl (C=O) groups excluding carboxylic acids is 2. The molecule has 0 aromatic carbocycles. The molecule has 0 aromatic rings. The smallest absolute Gasteiger partial charge is 0.543 e. The van der Waals surface area contributed by atoms with Crippen LogP contribution in [-0.4, -0.2) is 23.1 Å². The molecule has 0 saturated carbocycles. The maximum absolute atomic E-state index is 8.93. The zero-order valence-electron chi connectivity index (χ0n) is 5.99. The van der Waals surface area contributed by atoms with Gasteiger partial charge in [0, 0.05) is 6.10 Å². The van der Waals surface area contributed by atoms with Crippen molar-refractivity contribution in [3.63, 3.8) is 0 Å². The standard InChI is InChI=1S/C3H8O.C2H2O4.Co/c1-3(2)4;3-1(4)2(5)6;/h3-4H,1-2H3;(H,3,4)(H,5,6);/q;;+2/p-2. The van der Waals surface area contributed by atoms with Crippen LogP contribution in [-0.2, 0) is 26.4 Å². The Bertz CT molecular complexity index is 107. The molecular weight excluding hydrogens is 199 g/mol. The predicted molar refractivity (Wildman–Crippen MR) is 27.4 cm³/mol. The second-order valence-corrected chi connectivity index (χ2v) is 1.67. The van der Waals surface area contributed by atoms with E-state index >= 15 is 0 Å². The number of carboxylic acids is 2. The third kappa shape index (κ3) is 44.5. The maximum Gasteiger partial charge on any atom is 2.00 e. The zero-order chi connectivity index (χ0) is 8.73. The van der Waals surface area contributed by atoms with Crippen molar-refractivity contribution in [1.82, 2.24) is 0 Å². The van der Waals surface area contributed by atoms with Gasteiger partial charge in [-0.15, -0.1) is 0 Å². The summed E-state index contributed by atoms with van der Waals surface area (Å²) < 4.78 is 0. The molecule has 11 heavy (non-hydrogen) atoms. The van der Waals surface area contributed by atoms with Gasteiger partial charge in [0.25, 0.3) is 0 Å². The van der Waals surface area contributed by atoms with Crippen molar-refractivity contribution in [2.24, 2.45) is 0 Å². The molecule has 0 heterocycles. The van der Waals surface area contributed by atoms with Crippen LogP contribution in [0.25, 0.3) is 0 Å². The average molecular weight is 207 g/mol. The third-order valence-corrected chi connectivity index (χ3v) is 0.167. The van der Waals surface area contributed by atoms with Crippen LogP contribution in [0.3, 0.4) is 0 Å². The Morgan fingerprint density at radius 1 is 1.18 bits per heavy atom. The Balaban J connectivity index is -0.000000114. The molecule has 0 rings (SSSR count). The van der Waals surface area contributed by atoms with Crippen LogP contribution in [0.2, 0.25) is 0 Å². The second-order valence-electron chi connectivity index (χ2n) is 1.67. The molecule has 1 N–H and O–H groups in total. The molecule has 0 bridgehead atoms. The third-order valence-electron chi connectivity index (χ3n) is 0.167. The van der Waals surface area contributed by atoms with Crippen LogP contribution in [0.5, 0.6) is 0 Å². The number of carbonyl (C=O) groups is 2. The molecule has 0 aliphatic heterocycles. The fraction of sp³-hybridized carbons (Fsp3) is 0.600. The SMILES string of the molecule is CC(C)O.O=C([O-])C(=O)[O-].[Co+2]. The number of aliphatic hydroxyl groups excluding tert-OH is 1. The number of hydrogen-bond acceptors (Lipinski definition) is 5. The molecule has 67 valence electrons. The Morgan fingerprint density at radius 2 is 1.27 bits per heavy atom. The van der Waals surface area contributed by atoms with Gasteiger partial charge in [0.15, 0.2) is 0 Å². The molecule has 0 fully saturated rings. The van der Waals surface area contributed by atoms with E-state index in [-0.39, 0.29) is 22.9 Å². The van der Waals surface area contributed by atoms with Crippen LogP contribution >= 0.6 is 0 Å². The molecule has 5 nitrogen and oxygen atoms in total. The van der Waals surface area contributed by atoms with Gasteiger partial charge < -0.3 is 24.9 Å². The Labute approximate surface area is 74.2 Å². The number of carboxylic acid groups (broad SMARTS) is 2. The zero-order valence-corrected chi connectivity index (χ0v) is 7.03. The van der Waals surface area contributed by atoms with Gasteiger partial charge in [-0.3, -0.25) is 0 Å². The molecule has 0 unspecified atom stereocenters. The summed E-state index contributed by atoms with van der Waals surface area (Å²) in [5.74, 6) is -4.37. The molecule has 0 aliphatic carbocycles. The van der Waals surface area contributed by atoms with Gasteiger partial charge in [-0.25, -0.2) is 0 Å². The van der Waals surface area contributed by atoms with Crippen molar-refractivity contribution < 1.29 is 41.7 Å². The quantitative estimate of drug-likeness (QED) is 0.423. The Kier molecular flexibility index (Phi) is 14.4. The summed E-state index contributed by atoms with van der Waals surface area (Å²) in [6, 6.07) is 0. The van der Waals surface area contributed by atoms with Crippen molar-refractivity contribution >= 4 is 11.9 Å². The monoisotopic (exact) mass is 207 g/mol. The Morgan fingerprint density at radius 3 is 1.27 bits per heavy atom. The van der Waals surface area contributed by atoms with Gasteiger partial charge in [-0.2, -0.15) is 0 Å². The van der Waals surface area contributed by atoms with Gasteiger partial charge in [-0.05, 0) is 13.8 Å². The van der Waals surface area contributed by atoms with Crippen molar-refractivity contribution in [3.8, 4) is 0 Å². The van der Waals surface area contributed by atoms with Crippen molar-refractivity contribution in [2.45, 2.75) is 20.0 Å². The topological polar surface area (TPSA) is 100 Å². The Hall–Kier alpha value is -0.594. The summed E-state index contributed by atoms with van der Waals surface area (Å²) in [5.41, 5.74) is 0. The predicted octanol–water partition coefficient (Wildman–Crippen LogP) is -3.13. The molecule has 1 radical (unpaired) electrons. The minimum atomic E-state index is -2.19. The van der Waals surface area contributed by atoms with Gasteiger partial charge in [0.1, 0.15) is 0 Å². The van der Waals surface area contributed by atoms with E-state index in [0.29, 0.717) is 0 Å². The number of aliphatic hydroxyl groups is 1. The summed E-state index contributed by atoms with van der Waals surface area (Å²) >= 11 is 0. The summed E-state index contributed by atoms with van der Waals surface area (Å²) in [6.07, 6.45) is -0.167. The van der Waals surface area contributed by atoms with E-state index in [9.17, 15) is 0 Å². The largest absolute Gasteiger partial charge is 2.00 e. The van der Waals surface area contributed by atoms with Crippen molar-refractivity contribution in [3.05, 3.63) is 0 Å². The van der Waals surface area contributed by atoms with Gasteiger partial charge in [0.05, 0.1) is 11.9 Å². The molecule has 6 heteroatoms. The van der Waals surface area contributed by atoms with E-state index in [0.717, 1.165) is 0 Å². The molecule has 0 aromatic heterocycles. The molecule has 0 spiro atoms. The second kappa shape index (κ2) is 9.41. The van der Waals surface area contributed by atoms with Crippen molar-refractivity contribution in [1.29, 1.82) is 0 Å². The van der Waals surface area contributed by atoms with E-state index in [4.69, 9.17) is 24.9 Å². The average Bonchev–Trinajstić information content (AvgIpc) is 1.63. The number of rotatable bonds is 0. The first kappa shape index (κ1) is 16.8. The van der Waals surface area contributed by atoms with Gasteiger partial charge in [-0.1, -0.05) is 0 Å². The molecule has 0 amide bonds. The summed E-state index contributed by atoms with van der Waals surface area (Å²) in [6.45, 7) is 3.44. The van der Waals surface area contributed by atoms with Crippen LogP contribution in [0.15, 0.2) is 0 Å². The fourth-order valence-electron chi connectivity index (χ4n) is 0. The number of hydrogen-bond donors (Lipinski definition) is 1. The van der Waals surface area contributed by atoms with E-state index in [1.807, 2.05) is 0 Å².